The van der Waals surface area contributed by atoms with E-state index in [0.29, 0.717) is 19.4 Å². The number of carbonyl (C=O) groups is 2. The van der Waals surface area contributed by atoms with E-state index < -0.39 is 0 Å². The summed E-state index contributed by atoms with van der Waals surface area (Å²) in [5.41, 5.74) is 0.200. The lowest BCUT2D eigenvalue weighted by atomic mass is 9.73. The minimum Gasteiger partial charge on any atom is -0.355 e. The molecule has 2 aliphatic rings. The van der Waals surface area contributed by atoms with E-state index in [0.717, 1.165) is 6.42 Å². The Hall–Kier alpha value is -1.06. The molecule has 1 saturated carbocycles. The van der Waals surface area contributed by atoms with E-state index in [9.17, 15) is 9.59 Å². The van der Waals surface area contributed by atoms with Crippen molar-refractivity contribution in [2.24, 2.45) is 11.3 Å². The van der Waals surface area contributed by atoms with E-state index >= 15 is 0 Å². The molecule has 2 fully saturated rings. The molecule has 1 heterocycles. The molecule has 4 heteroatoms. The first-order valence-corrected chi connectivity index (χ1v) is 7.06. The van der Waals surface area contributed by atoms with Crippen LogP contribution in [0.5, 0.6) is 0 Å². The van der Waals surface area contributed by atoms with E-state index in [2.05, 4.69) is 24.5 Å². The highest BCUT2D eigenvalue weighted by atomic mass is 16.2. The van der Waals surface area contributed by atoms with Crippen molar-refractivity contribution in [3.8, 4) is 0 Å². The van der Waals surface area contributed by atoms with Crippen molar-refractivity contribution in [1.29, 1.82) is 0 Å². The first kappa shape index (κ1) is 13.4. The van der Waals surface area contributed by atoms with Gasteiger partial charge in [0.2, 0.25) is 11.8 Å². The first-order chi connectivity index (χ1) is 8.49. The SMILES string of the molecule is CC1(C)CCCCC1NC(=O)C1CCC(=O)NC1. The standard InChI is InChI=1S/C14H24N2O2/c1-14(2)8-4-3-5-11(14)16-13(18)10-6-7-12(17)15-9-10/h10-11H,3-9H2,1-2H3,(H,15,17)(H,16,18). The third kappa shape index (κ3) is 3.03. The van der Waals surface area contributed by atoms with Gasteiger partial charge in [-0.05, 0) is 24.7 Å². The van der Waals surface area contributed by atoms with Crippen molar-refractivity contribution in [3.63, 3.8) is 0 Å². The lowest BCUT2D eigenvalue weighted by Crippen LogP contribution is -2.51. The van der Waals surface area contributed by atoms with Gasteiger partial charge in [0.05, 0.1) is 5.92 Å². The number of hydrogen-bond donors (Lipinski definition) is 2. The average Bonchev–Trinajstić information content (AvgIpc) is 2.32. The van der Waals surface area contributed by atoms with Crippen LogP contribution in [0, 0.1) is 11.3 Å². The van der Waals surface area contributed by atoms with Crippen molar-refractivity contribution < 1.29 is 9.59 Å². The third-order valence-electron chi connectivity index (χ3n) is 4.46. The van der Waals surface area contributed by atoms with Crippen LogP contribution < -0.4 is 10.6 Å². The maximum absolute atomic E-state index is 12.2. The van der Waals surface area contributed by atoms with E-state index in [4.69, 9.17) is 0 Å². The number of carbonyl (C=O) groups excluding carboxylic acids is 2. The molecule has 2 atom stereocenters. The van der Waals surface area contributed by atoms with E-state index in [1.54, 1.807) is 0 Å². The molecule has 0 radical (unpaired) electrons. The predicted octanol–water partition coefficient (Wildman–Crippen LogP) is 1.60. The normalized spacial score (nSPS) is 31.6. The Kier molecular flexibility index (Phi) is 3.93. The molecular formula is C14H24N2O2. The monoisotopic (exact) mass is 252 g/mol. The van der Waals surface area contributed by atoms with Crippen molar-refractivity contribution in [1.82, 2.24) is 10.6 Å². The summed E-state index contributed by atoms with van der Waals surface area (Å²) in [5.74, 6) is 0.146. The Morgan fingerprint density at radius 2 is 2.11 bits per heavy atom. The van der Waals surface area contributed by atoms with Gasteiger partial charge in [-0.3, -0.25) is 9.59 Å². The maximum Gasteiger partial charge on any atom is 0.225 e. The largest absolute Gasteiger partial charge is 0.355 e. The van der Waals surface area contributed by atoms with Crippen LogP contribution in [0.1, 0.15) is 52.4 Å². The average molecular weight is 252 g/mol. The maximum atomic E-state index is 12.2. The molecule has 2 N–H and O–H groups in total. The van der Waals surface area contributed by atoms with Gasteiger partial charge in [-0.1, -0.05) is 26.7 Å². The fraction of sp³-hybridized carbons (Fsp3) is 0.857. The Balaban J connectivity index is 1.88. The second kappa shape index (κ2) is 5.29. The molecule has 1 aliphatic heterocycles. The molecule has 0 aromatic rings. The van der Waals surface area contributed by atoms with Crippen molar-refractivity contribution in [2.45, 2.75) is 58.4 Å². The molecule has 4 nitrogen and oxygen atoms in total. The molecule has 2 amide bonds. The van der Waals surface area contributed by atoms with Crippen LogP contribution >= 0.6 is 0 Å². The Bertz CT molecular complexity index is 329. The number of rotatable bonds is 2. The quantitative estimate of drug-likeness (QED) is 0.784. The number of hydrogen-bond acceptors (Lipinski definition) is 2. The van der Waals surface area contributed by atoms with Crippen LogP contribution in [-0.4, -0.2) is 24.4 Å². The van der Waals surface area contributed by atoms with Crippen LogP contribution in [0.25, 0.3) is 0 Å². The van der Waals surface area contributed by atoms with Crippen molar-refractivity contribution in [2.75, 3.05) is 6.54 Å². The van der Waals surface area contributed by atoms with Gasteiger partial charge in [-0.25, -0.2) is 0 Å². The molecule has 2 unspecified atom stereocenters. The molecule has 2 rings (SSSR count). The van der Waals surface area contributed by atoms with Gasteiger partial charge in [-0.2, -0.15) is 0 Å². The predicted molar refractivity (Wildman–Crippen MR) is 69.9 cm³/mol. The van der Waals surface area contributed by atoms with Crippen molar-refractivity contribution >= 4 is 11.8 Å². The van der Waals surface area contributed by atoms with Gasteiger partial charge in [0.15, 0.2) is 0 Å². The highest BCUT2D eigenvalue weighted by Crippen LogP contribution is 2.35. The summed E-state index contributed by atoms with van der Waals surface area (Å²) >= 11 is 0. The summed E-state index contributed by atoms with van der Waals surface area (Å²) in [4.78, 5) is 23.3. The second-order valence-corrected chi connectivity index (χ2v) is 6.34. The highest BCUT2D eigenvalue weighted by Gasteiger charge is 2.35. The second-order valence-electron chi connectivity index (χ2n) is 6.34. The Morgan fingerprint density at radius 1 is 1.33 bits per heavy atom. The molecular weight excluding hydrogens is 228 g/mol. The fourth-order valence-corrected chi connectivity index (χ4v) is 3.01. The summed E-state index contributed by atoms with van der Waals surface area (Å²) in [6.45, 7) is 4.97. The molecule has 0 aromatic heterocycles. The van der Waals surface area contributed by atoms with E-state index in [-0.39, 0.29) is 29.2 Å². The molecule has 0 aromatic carbocycles. The highest BCUT2D eigenvalue weighted by molar-refractivity contribution is 5.83. The lowest BCUT2D eigenvalue weighted by molar-refractivity contribution is -0.130. The van der Waals surface area contributed by atoms with Gasteiger partial charge < -0.3 is 10.6 Å². The minimum absolute atomic E-state index is 0.0413. The molecule has 0 bridgehead atoms. The van der Waals surface area contributed by atoms with Crippen LogP contribution in [0.15, 0.2) is 0 Å². The lowest BCUT2D eigenvalue weighted by Gasteiger charge is -2.40. The number of amides is 2. The summed E-state index contributed by atoms with van der Waals surface area (Å²) in [7, 11) is 0. The number of piperidine rings is 1. The smallest absolute Gasteiger partial charge is 0.225 e. The van der Waals surface area contributed by atoms with Crippen molar-refractivity contribution in [3.05, 3.63) is 0 Å². The summed E-state index contributed by atoms with van der Waals surface area (Å²) in [6.07, 6.45) is 5.89. The van der Waals surface area contributed by atoms with Gasteiger partial charge in [-0.15, -0.1) is 0 Å². The Morgan fingerprint density at radius 3 is 2.72 bits per heavy atom. The summed E-state index contributed by atoms with van der Waals surface area (Å²) < 4.78 is 0. The molecule has 18 heavy (non-hydrogen) atoms. The zero-order chi connectivity index (χ0) is 13.2. The van der Waals surface area contributed by atoms with Crippen LogP contribution in [-0.2, 0) is 9.59 Å². The summed E-state index contributed by atoms with van der Waals surface area (Å²) in [6, 6.07) is 0.288. The van der Waals surface area contributed by atoms with Gasteiger partial charge in [0, 0.05) is 19.0 Å². The zero-order valence-corrected chi connectivity index (χ0v) is 11.4. The number of nitrogens with one attached hydrogen (secondary N) is 2. The van der Waals surface area contributed by atoms with Gasteiger partial charge in [0.25, 0.3) is 0 Å². The molecule has 0 spiro atoms. The van der Waals surface area contributed by atoms with Gasteiger partial charge >= 0.3 is 0 Å². The first-order valence-electron chi connectivity index (χ1n) is 7.06. The van der Waals surface area contributed by atoms with Crippen LogP contribution in [0.4, 0.5) is 0 Å². The topological polar surface area (TPSA) is 58.2 Å². The van der Waals surface area contributed by atoms with E-state index in [1.807, 2.05) is 0 Å². The molecule has 1 aliphatic carbocycles. The summed E-state index contributed by atoms with van der Waals surface area (Å²) in [5, 5.41) is 5.97. The van der Waals surface area contributed by atoms with Gasteiger partial charge in [0.1, 0.15) is 0 Å². The Labute approximate surface area is 109 Å². The zero-order valence-electron chi connectivity index (χ0n) is 11.4. The molecule has 102 valence electrons. The third-order valence-corrected chi connectivity index (χ3v) is 4.46. The fourth-order valence-electron chi connectivity index (χ4n) is 3.01. The molecule has 1 saturated heterocycles. The van der Waals surface area contributed by atoms with E-state index in [1.165, 1.54) is 19.3 Å². The minimum atomic E-state index is -0.0413. The van der Waals surface area contributed by atoms with Crippen LogP contribution in [0.2, 0.25) is 0 Å². The van der Waals surface area contributed by atoms with Crippen LogP contribution in [0.3, 0.4) is 0 Å².